The first-order valence-corrected chi connectivity index (χ1v) is 13.0. The molecule has 1 unspecified atom stereocenters. The lowest BCUT2D eigenvalue weighted by molar-refractivity contribution is 0.201. The number of pyridine rings is 1. The Balaban J connectivity index is 0.00000171. The van der Waals surface area contributed by atoms with E-state index in [1.54, 1.807) is 4.57 Å². The Morgan fingerprint density at radius 1 is 1.14 bits per heavy atom. The van der Waals surface area contributed by atoms with Gasteiger partial charge in [-0.15, -0.1) is 36.2 Å². The lowest BCUT2D eigenvalue weighted by atomic mass is 9.96. The van der Waals surface area contributed by atoms with Gasteiger partial charge in [0, 0.05) is 57.6 Å². The standard InChI is InChI=1S/C25H36N6OS.2ClH/c1-17-26-19-10-12-29(15-21(19)33-17)13-18-7-6-11-30(14-18)22-9-8-20-23(27-22)28(5)24(32)31(20)16-25(2,3)4;;/h8-9,18H,6-7,10-16H2,1-5H3;2*1H. The van der Waals surface area contributed by atoms with Gasteiger partial charge < -0.3 is 4.90 Å². The second-order valence-corrected chi connectivity index (χ2v) is 12.3. The van der Waals surface area contributed by atoms with Gasteiger partial charge in [0.25, 0.3) is 0 Å². The molecule has 35 heavy (non-hydrogen) atoms. The molecule has 10 heteroatoms. The van der Waals surface area contributed by atoms with E-state index in [1.165, 1.54) is 28.4 Å². The molecule has 2 aliphatic heterocycles. The predicted octanol–water partition coefficient (Wildman–Crippen LogP) is 4.66. The van der Waals surface area contributed by atoms with Crippen LogP contribution in [0.1, 0.15) is 49.2 Å². The summed E-state index contributed by atoms with van der Waals surface area (Å²) in [6, 6.07) is 4.20. The van der Waals surface area contributed by atoms with Gasteiger partial charge >= 0.3 is 5.69 Å². The Morgan fingerprint density at radius 3 is 2.66 bits per heavy atom. The van der Waals surface area contributed by atoms with Crippen molar-refractivity contribution in [2.45, 2.75) is 60.0 Å². The molecule has 0 bridgehead atoms. The SMILES string of the molecule is Cc1nc2c(s1)CN(CC1CCCN(c3ccc4c(n3)n(C)c(=O)n4CC(C)(C)C)C1)CC2.Cl.Cl. The van der Waals surface area contributed by atoms with Crippen molar-refractivity contribution in [3.05, 3.63) is 38.2 Å². The first kappa shape index (κ1) is 28.0. The van der Waals surface area contributed by atoms with Gasteiger partial charge in [-0.05, 0) is 43.2 Å². The molecule has 0 saturated carbocycles. The molecule has 0 aromatic carbocycles. The normalized spacial score (nSPS) is 18.8. The number of fused-ring (bicyclic) bond motifs is 2. The molecule has 0 N–H and O–H groups in total. The number of halogens is 2. The van der Waals surface area contributed by atoms with Crippen LogP contribution in [0.3, 0.4) is 0 Å². The maximum atomic E-state index is 12.9. The summed E-state index contributed by atoms with van der Waals surface area (Å²) >= 11 is 1.86. The highest BCUT2D eigenvalue weighted by Crippen LogP contribution is 2.28. The zero-order chi connectivity index (χ0) is 23.3. The van der Waals surface area contributed by atoms with E-state index in [0.29, 0.717) is 12.5 Å². The summed E-state index contributed by atoms with van der Waals surface area (Å²) in [5.41, 5.74) is 3.08. The average Bonchev–Trinajstić information content (AvgIpc) is 3.24. The highest BCUT2D eigenvalue weighted by molar-refractivity contribution is 7.11. The third kappa shape index (κ3) is 5.87. The number of piperidine rings is 1. The van der Waals surface area contributed by atoms with Gasteiger partial charge in [-0.1, -0.05) is 20.8 Å². The van der Waals surface area contributed by atoms with Crippen molar-refractivity contribution in [2.24, 2.45) is 18.4 Å². The number of hydrogen-bond acceptors (Lipinski definition) is 6. The fraction of sp³-hybridized carbons (Fsp3) is 0.640. The van der Waals surface area contributed by atoms with Gasteiger partial charge in [-0.2, -0.15) is 0 Å². The Morgan fingerprint density at radius 2 is 1.91 bits per heavy atom. The number of anilines is 1. The van der Waals surface area contributed by atoms with E-state index in [1.807, 2.05) is 23.0 Å². The zero-order valence-corrected chi connectivity index (χ0v) is 23.9. The van der Waals surface area contributed by atoms with Crippen LogP contribution in [-0.4, -0.2) is 50.2 Å². The van der Waals surface area contributed by atoms with Crippen LogP contribution in [0.4, 0.5) is 5.82 Å². The van der Waals surface area contributed by atoms with E-state index >= 15 is 0 Å². The van der Waals surface area contributed by atoms with E-state index in [0.717, 1.165) is 56.1 Å². The fourth-order valence-electron chi connectivity index (χ4n) is 5.39. The number of rotatable bonds is 4. The van der Waals surface area contributed by atoms with Gasteiger partial charge in [0.2, 0.25) is 0 Å². The average molecular weight is 542 g/mol. The summed E-state index contributed by atoms with van der Waals surface area (Å²) in [4.78, 5) is 29.0. The molecule has 3 aromatic rings. The first-order chi connectivity index (χ1) is 15.7. The largest absolute Gasteiger partial charge is 0.356 e. The summed E-state index contributed by atoms with van der Waals surface area (Å²) in [6.07, 6.45) is 3.53. The molecule has 0 spiro atoms. The summed E-state index contributed by atoms with van der Waals surface area (Å²) < 4.78 is 3.57. The second kappa shape index (κ2) is 10.8. The molecule has 1 fully saturated rings. The topological polar surface area (TPSA) is 59.2 Å². The Kier molecular flexibility index (Phi) is 8.62. The molecule has 0 amide bonds. The molecule has 7 nitrogen and oxygen atoms in total. The molecule has 0 aliphatic carbocycles. The zero-order valence-electron chi connectivity index (χ0n) is 21.4. The molecule has 1 saturated heterocycles. The molecule has 0 radical (unpaired) electrons. The summed E-state index contributed by atoms with van der Waals surface area (Å²) in [5.74, 6) is 1.64. The maximum absolute atomic E-state index is 12.9. The van der Waals surface area contributed by atoms with Crippen LogP contribution in [0.2, 0.25) is 0 Å². The molecule has 3 aromatic heterocycles. The van der Waals surface area contributed by atoms with Crippen LogP contribution in [0.15, 0.2) is 16.9 Å². The van der Waals surface area contributed by atoms with Crippen molar-refractivity contribution in [3.8, 4) is 0 Å². The van der Waals surface area contributed by atoms with Crippen LogP contribution < -0.4 is 10.6 Å². The molecular weight excluding hydrogens is 503 g/mol. The van der Waals surface area contributed by atoms with Gasteiger partial charge in [-0.25, -0.2) is 14.8 Å². The molecule has 194 valence electrons. The number of hydrogen-bond donors (Lipinski definition) is 0. The Hall–Kier alpha value is -1.61. The van der Waals surface area contributed by atoms with Gasteiger partial charge in [-0.3, -0.25) is 14.0 Å². The first-order valence-electron chi connectivity index (χ1n) is 12.2. The smallest absolute Gasteiger partial charge is 0.330 e. The van der Waals surface area contributed by atoms with Crippen molar-refractivity contribution >= 4 is 53.1 Å². The van der Waals surface area contributed by atoms with E-state index < -0.39 is 0 Å². The number of nitrogens with zero attached hydrogens (tertiary/aromatic N) is 6. The van der Waals surface area contributed by atoms with Gasteiger partial charge in [0.15, 0.2) is 5.65 Å². The molecule has 1 atom stereocenters. The summed E-state index contributed by atoms with van der Waals surface area (Å²) in [5, 5.41) is 1.19. The molecule has 5 rings (SSSR count). The minimum Gasteiger partial charge on any atom is -0.356 e. The van der Waals surface area contributed by atoms with Crippen molar-refractivity contribution in [1.29, 1.82) is 0 Å². The lowest BCUT2D eigenvalue weighted by Crippen LogP contribution is -2.42. The third-order valence-electron chi connectivity index (χ3n) is 6.88. The Bertz CT molecular complexity index is 1230. The third-order valence-corrected chi connectivity index (χ3v) is 7.87. The van der Waals surface area contributed by atoms with Crippen LogP contribution in [0.5, 0.6) is 0 Å². The minimum atomic E-state index is 0. The predicted molar refractivity (Wildman–Crippen MR) is 150 cm³/mol. The van der Waals surface area contributed by atoms with E-state index in [4.69, 9.17) is 9.97 Å². The monoisotopic (exact) mass is 540 g/mol. The number of imidazole rings is 1. The Labute approximate surface area is 224 Å². The minimum absolute atomic E-state index is 0. The van der Waals surface area contributed by atoms with Crippen LogP contribution in [0.25, 0.3) is 11.2 Å². The van der Waals surface area contributed by atoms with Crippen molar-refractivity contribution < 1.29 is 0 Å². The lowest BCUT2D eigenvalue weighted by Gasteiger charge is -2.37. The summed E-state index contributed by atoms with van der Waals surface area (Å²) in [6.45, 7) is 14.6. The van der Waals surface area contributed by atoms with Crippen LogP contribution in [-0.2, 0) is 26.6 Å². The van der Waals surface area contributed by atoms with E-state index in [9.17, 15) is 4.79 Å². The highest BCUT2D eigenvalue weighted by Gasteiger charge is 2.27. The van der Waals surface area contributed by atoms with Crippen molar-refractivity contribution in [2.75, 3.05) is 31.1 Å². The number of aryl methyl sites for hydroxylation is 2. The van der Waals surface area contributed by atoms with Crippen molar-refractivity contribution in [3.63, 3.8) is 0 Å². The number of aromatic nitrogens is 4. The quantitative estimate of drug-likeness (QED) is 0.481. The van der Waals surface area contributed by atoms with E-state index in [-0.39, 0.29) is 35.9 Å². The molecule has 5 heterocycles. The molecular formula is C25H38Cl2N6OS. The maximum Gasteiger partial charge on any atom is 0.330 e. The van der Waals surface area contributed by atoms with Crippen molar-refractivity contribution in [1.82, 2.24) is 24.0 Å². The molecule has 2 aliphatic rings. The van der Waals surface area contributed by atoms with Crippen LogP contribution >= 0.6 is 36.2 Å². The van der Waals surface area contributed by atoms with Gasteiger partial charge in [0.1, 0.15) is 5.82 Å². The van der Waals surface area contributed by atoms with E-state index in [2.05, 4.69) is 49.6 Å². The number of thiazole rings is 1. The highest BCUT2D eigenvalue weighted by atomic mass is 35.5. The van der Waals surface area contributed by atoms with Gasteiger partial charge in [0.05, 0.1) is 16.2 Å². The summed E-state index contributed by atoms with van der Waals surface area (Å²) in [7, 11) is 1.84. The van der Waals surface area contributed by atoms with Crippen LogP contribution in [0, 0.1) is 18.3 Å². The second-order valence-electron chi connectivity index (χ2n) is 11.0. The fourth-order valence-corrected chi connectivity index (χ4v) is 6.41.